The van der Waals surface area contributed by atoms with E-state index in [0.29, 0.717) is 5.75 Å². The van der Waals surface area contributed by atoms with Crippen LogP contribution in [0.15, 0.2) is 38.5 Å². The number of carbonyl (C=O) groups is 1. The molecule has 0 aliphatic rings. The lowest BCUT2D eigenvalue weighted by Crippen LogP contribution is -1.98. The van der Waals surface area contributed by atoms with Crippen LogP contribution in [-0.4, -0.2) is 21.7 Å². The molecule has 2 aromatic heterocycles. The summed E-state index contributed by atoms with van der Waals surface area (Å²) in [6, 6.07) is 9.84. The fourth-order valence-electron chi connectivity index (χ4n) is 1.98. The van der Waals surface area contributed by atoms with Gasteiger partial charge in [-0.15, -0.1) is 21.5 Å². The SMILES string of the molecule is Cc1cccc(Nc2nnc(SCC(=O)c3ccc(Br)s3)s2)c1C. The first kappa shape index (κ1) is 17.6. The summed E-state index contributed by atoms with van der Waals surface area (Å²) in [5, 5.41) is 12.3. The first-order valence-corrected chi connectivity index (χ1v) is 10.5. The van der Waals surface area contributed by atoms with Crippen molar-refractivity contribution >= 4 is 67.0 Å². The molecular weight excluding hydrogens is 426 g/mol. The highest BCUT2D eigenvalue weighted by Crippen LogP contribution is 2.30. The number of halogens is 1. The summed E-state index contributed by atoms with van der Waals surface area (Å²) < 4.78 is 1.75. The number of aryl methyl sites for hydroxylation is 1. The van der Waals surface area contributed by atoms with Crippen molar-refractivity contribution in [3.63, 3.8) is 0 Å². The Hall–Kier alpha value is -1.22. The molecule has 8 heteroatoms. The first-order chi connectivity index (χ1) is 11.5. The topological polar surface area (TPSA) is 54.9 Å². The average Bonchev–Trinajstić information content (AvgIpc) is 3.18. The van der Waals surface area contributed by atoms with Crippen LogP contribution in [0.4, 0.5) is 10.8 Å². The van der Waals surface area contributed by atoms with Crippen LogP contribution in [0.1, 0.15) is 20.8 Å². The zero-order chi connectivity index (χ0) is 17.1. The number of nitrogens with zero attached hydrogens (tertiary/aromatic N) is 2. The molecule has 0 saturated heterocycles. The van der Waals surface area contributed by atoms with E-state index in [2.05, 4.69) is 51.4 Å². The maximum atomic E-state index is 12.1. The predicted molar refractivity (Wildman–Crippen MR) is 106 cm³/mol. The number of hydrogen-bond acceptors (Lipinski definition) is 7. The van der Waals surface area contributed by atoms with Crippen LogP contribution in [-0.2, 0) is 0 Å². The molecule has 0 bridgehead atoms. The van der Waals surface area contributed by atoms with E-state index in [1.54, 1.807) is 0 Å². The van der Waals surface area contributed by atoms with Gasteiger partial charge in [0.25, 0.3) is 0 Å². The largest absolute Gasteiger partial charge is 0.330 e. The Kier molecular flexibility index (Phi) is 5.70. The molecule has 0 aliphatic carbocycles. The van der Waals surface area contributed by atoms with Gasteiger partial charge in [0, 0.05) is 5.69 Å². The molecule has 0 fully saturated rings. The second-order valence-corrected chi connectivity index (χ2v) is 9.72. The number of thioether (sulfide) groups is 1. The summed E-state index contributed by atoms with van der Waals surface area (Å²) in [5.74, 6) is 0.473. The molecule has 3 aromatic rings. The summed E-state index contributed by atoms with van der Waals surface area (Å²) in [7, 11) is 0. The zero-order valence-corrected chi connectivity index (χ0v) is 17.0. The van der Waals surface area contributed by atoms with Gasteiger partial charge >= 0.3 is 0 Å². The number of benzene rings is 1. The van der Waals surface area contributed by atoms with Crippen LogP contribution in [0.25, 0.3) is 0 Å². The van der Waals surface area contributed by atoms with Crippen molar-refractivity contribution in [2.24, 2.45) is 0 Å². The van der Waals surface area contributed by atoms with E-state index in [1.807, 2.05) is 24.3 Å². The van der Waals surface area contributed by atoms with Crippen LogP contribution >= 0.6 is 50.4 Å². The third kappa shape index (κ3) is 4.24. The van der Waals surface area contributed by atoms with E-state index < -0.39 is 0 Å². The van der Waals surface area contributed by atoms with Crippen molar-refractivity contribution in [3.05, 3.63) is 50.1 Å². The normalized spacial score (nSPS) is 10.8. The van der Waals surface area contributed by atoms with E-state index in [-0.39, 0.29) is 5.78 Å². The summed E-state index contributed by atoms with van der Waals surface area (Å²) in [4.78, 5) is 12.9. The molecule has 0 amide bonds. The van der Waals surface area contributed by atoms with Crippen molar-refractivity contribution in [1.82, 2.24) is 10.2 Å². The van der Waals surface area contributed by atoms with E-state index in [1.165, 1.54) is 45.6 Å². The molecule has 24 heavy (non-hydrogen) atoms. The molecule has 124 valence electrons. The maximum Gasteiger partial charge on any atom is 0.210 e. The number of thiophene rings is 1. The molecule has 1 aromatic carbocycles. The first-order valence-electron chi connectivity index (χ1n) is 7.11. The van der Waals surface area contributed by atoms with Gasteiger partial charge in [-0.05, 0) is 59.1 Å². The second kappa shape index (κ2) is 7.77. The van der Waals surface area contributed by atoms with Crippen molar-refractivity contribution in [1.29, 1.82) is 0 Å². The van der Waals surface area contributed by atoms with Gasteiger partial charge in [0.15, 0.2) is 10.1 Å². The Labute approximate surface area is 160 Å². The average molecular weight is 440 g/mol. The number of hydrogen-bond donors (Lipinski definition) is 1. The van der Waals surface area contributed by atoms with Crippen LogP contribution in [0, 0.1) is 13.8 Å². The molecule has 0 saturated carbocycles. The predicted octanol–water partition coefficient (Wildman–Crippen LogP) is 5.70. The van der Waals surface area contributed by atoms with Crippen LogP contribution in [0.5, 0.6) is 0 Å². The number of aromatic nitrogens is 2. The Morgan fingerprint density at radius 3 is 2.79 bits per heavy atom. The standard InChI is InChI=1S/C16H14BrN3OS3/c1-9-4-3-5-11(10(9)2)18-15-19-20-16(24-15)22-8-12(21)13-6-7-14(17)23-13/h3-7H,8H2,1-2H3,(H,18,19). The maximum absolute atomic E-state index is 12.1. The third-order valence-electron chi connectivity index (χ3n) is 3.43. The molecule has 0 spiro atoms. The highest BCUT2D eigenvalue weighted by Gasteiger charge is 2.12. The minimum absolute atomic E-state index is 0.106. The van der Waals surface area contributed by atoms with Gasteiger partial charge in [0.1, 0.15) is 0 Å². The number of nitrogens with one attached hydrogen (secondary N) is 1. The van der Waals surface area contributed by atoms with Crippen LogP contribution < -0.4 is 5.32 Å². The Morgan fingerprint density at radius 2 is 2.04 bits per heavy atom. The van der Waals surface area contributed by atoms with Crippen molar-refractivity contribution in [2.45, 2.75) is 18.2 Å². The molecule has 1 N–H and O–H groups in total. The second-order valence-electron chi connectivity index (χ2n) is 5.06. The van der Waals surface area contributed by atoms with Crippen LogP contribution in [0.3, 0.4) is 0 Å². The van der Waals surface area contributed by atoms with E-state index >= 15 is 0 Å². The summed E-state index contributed by atoms with van der Waals surface area (Å²) in [5.41, 5.74) is 3.45. The van der Waals surface area contributed by atoms with Gasteiger partial charge < -0.3 is 5.32 Å². The zero-order valence-electron chi connectivity index (χ0n) is 13.0. The summed E-state index contributed by atoms with van der Waals surface area (Å²) >= 11 is 7.70. The molecule has 0 aliphatic heterocycles. The Balaban J connectivity index is 1.61. The minimum Gasteiger partial charge on any atom is -0.330 e. The van der Waals surface area contributed by atoms with Gasteiger partial charge in [-0.25, -0.2) is 0 Å². The van der Waals surface area contributed by atoms with E-state index in [9.17, 15) is 4.79 Å². The highest BCUT2D eigenvalue weighted by atomic mass is 79.9. The van der Waals surface area contributed by atoms with Crippen LogP contribution in [0.2, 0.25) is 0 Å². The number of carbonyl (C=O) groups excluding carboxylic acids is 1. The Bertz CT molecular complexity index is 875. The van der Waals surface area contributed by atoms with Gasteiger partial charge in [-0.2, -0.15) is 0 Å². The van der Waals surface area contributed by atoms with Crippen molar-refractivity contribution in [2.75, 3.05) is 11.1 Å². The fourth-order valence-corrected chi connectivity index (χ4v) is 5.05. The van der Waals surface area contributed by atoms with Crippen molar-refractivity contribution < 1.29 is 4.79 Å². The monoisotopic (exact) mass is 439 g/mol. The van der Waals surface area contributed by atoms with Gasteiger partial charge in [0.05, 0.1) is 14.4 Å². The fraction of sp³-hybridized carbons (Fsp3) is 0.188. The minimum atomic E-state index is 0.106. The summed E-state index contributed by atoms with van der Waals surface area (Å²) in [6.45, 7) is 4.16. The Morgan fingerprint density at radius 1 is 1.21 bits per heavy atom. The molecule has 0 unspecified atom stereocenters. The van der Waals surface area contributed by atoms with Gasteiger partial charge in [-0.3, -0.25) is 4.79 Å². The lowest BCUT2D eigenvalue weighted by molar-refractivity contribution is 0.102. The molecule has 3 rings (SSSR count). The van der Waals surface area contributed by atoms with Gasteiger partial charge in [0.2, 0.25) is 5.13 Å². The number of ketones is 1. The molecule has 2 heterocycles. The third-order valence-corrected chi connectivity index (χ3v) is 7.06. The number of Topliss-reactive ketones (excluding diaryl/α,β-unsaturated/α-hetero) is 1. The lowest BCUT2D eigenvalue weighted by atomic mass is 10.1. The number of rotatable bonds is 6. The molecule has 0 atom stereocenters. The summed E-state index contributed by atoms with van der Waals surface area (Å²) in [6.07, 6.45) is 0. The molecular formula is C16H14BrN3OS3. The molecule has 0 radical (unpaired) electrons. The lowest BCUT2D eigenvalue weighted by Gasteiger charge is -2.08. The van der Waals surface area contributed by atoms with E-state index in [4.69, 9.17) is 0 Å². The number of anilines is 2. The smallest absolute Gasteiger partial charge is 0.210 e. The highest BCUT2D eigenvalue weighted by molar-refractivity contribution is 9.11. The van der Waals surface area contributed by atoms with E-state index in [0.717, 1.165) is 23.8 Å². The van der Waals surface area contributed by atoms with Gasteiger partial charge in [-0.1, -0.05) is 35.2 Å². The van der Waals surface area contributed by atoms with Crippen molar-refractivity contribution in [3.8, 4) is 0 Å². The molecule has 4 nitrogen and oxygen atoms in total. The quantitative estimate of drug-likeness (QED) is 0.394.